The standard InChI is InChI=1S/C16H19NO3/c1-12-7-8-13(5-4-9-18)11-14(12)17-16(19)15-6-2-3-10-20-15/h7-8,11,15,18H,2-3,6,9-10H2,1H3,(H,17,19). The summed E-state index contributed by atoms with van der Waals surface area (Å²) in [6.45, 7) is 2.41. The minimum atomic E-state index is -0.352. The maximum Gasteiger partial charge on any atom is 0.253 e. The highest BCUT2D eigenvalue weighted by molar-refractivity contribution is 5.95. The molecule has 1 fully saturated rings. The first kappa shape index (κ1) is 14.6. The Balaban J connectivity index is 2.09. The van der Waals surface area contributed by atoms with E-state index in [9.17, 15) is 4.79 Å². The van der Waals surface area contributed by atoms with E-state index in [1.54, 1.807) is 0 Å². The molecule has 1 aliphatic heterocycles. The average Bonchev–Trinajstić information content (AvgIpc) is 2.49. The Hall–Kier alpha value is -1.83. The second-order valence-electron chi connectivity index (χ2n) is 4.83. The quantitative estimate of drug-likeness (QED) is 0.808. The fraction of sp³-hybridized carbons (Fsp3) is 0.438. The van der Waals surface area contributed by atoms with Gasteiger partial charge in [0.05, 0.1) is 0 Å². The van der Waals surface area contributed by atoms with Gasteiger partial charge in [-0.1, -0.05) is 17.9 Å². The summed E-state index contributed by atoms with van der Waals surface area (Å²) in [6.07, 6.45) is 2.47. The van der Waals surface area contributed by atoms with E-state index in [1.807, 2.05) is 25.1 Å². The molecule has 0 aliphatic carbocycles. The number of aliphatic hydroxyl groups is 1. The topological polar surface area (TPSA) is 58.6 Å². The minimum Gasteiger partial charge on any atom is -0.384 e. The van der Waals surface area contributed by atoms with Crippen molar-refractivity contribution in [1.29, 1.82) is 0 Å². The highest BCUT2D eigenvalue weighted by Crippen LogP contribution is 2.19. The summed E-state index contributed by atoms with van der Waals surface area (Å²) in [7, 11) is 0. The first-order chi connectivity index (χ1) is 9.70. The van der Waals surface area contributed by atoms with E-state index in [4.69, 9.17) is 9.84 Å². The molecule has 1 unspecified atom stereocenters. The number of nitrogens with one attached hydrogen (secondary N) is 1. The lowest BCUT2D eigenvalue weighted by Crippen LogP contribution is -2.33. The molecule has 0 bridgehead atoms. The van der Waals surface area contributed by atoms with Crippen molar-refractivity contribution >= 4 is 11.6 Å². The second kappa shape index (κ2) is 7.09. The number of hydrogen-bond donors (Lipinski definition) is 2. The molecule has 0 saturated carbocycles. The largest absolute Gasteiger partial charge is 0.384 e. The average molecular weight is 273 g/mol. The fourth-order valence-corrected chi connectivity index (χ4v) is 2.14. The van der Waals surface area contributed by atoms with Gasteiger partial charge in [-0.15, -0.1) is 0 Å². The molecule has 0 radical (unpaired) electrons. The Bertz CT molecular complexity index is 536. The van der Waals surface area contributed by atoms with E-state index in [0.29, 0.717) is 6.61 Å². The van der Waals surface area contributed by atoms with Crippen LogP contribution in [0.2, 0.25) is 0 Å². The van der Waals surface area contributed by atoms with Crippen LogP contribution in [0.5, 0.6) is 0 Å². The van der Waals surface area contributed by atoms with Crippen molar-refractivity contribution < 1.29 is 14.6 Å². The molecule has 4 heteroatoms. The van der Waals surface area contributed by atoms with Gasteiger partial charge in [0.15, 0.2) is 0 Å². The van der Waals surface area contributed by atoms with Crippen molar-refractivity contribution in [3.8, 4) is 11.8 Å². The molecule has 106 valence electrons. The second-order valence-corrected chi connectivity index (χ2v) is 4.83. The first-order valence-electron chi connectivity index (χ1n) is 6.83. The summed E-state index contributed by atoms with van der Waals surface area (Å²) in [5.74, 6) is 5.33. The van der Waals surface area contributed by atoms with Crippen molar-refractivity contribution in [3.05, 3.63) is 29.3 Å². The van der Waals surface area contributed by atoms with Gasteiger partial charge in [-0.05, 0) is 43.9 Å². The molecule has 0 aromatic heterocycles. The zero-order valence-corrected chi connectivity index (χ0v) is 11.6. The number of hydrogen-bond acceptors (Lipinski definition) is 3. The van der Waals surface area contributed by atoms with Crippen molar-refractivity contribution in [2.75, 3.05) is 18.5 Å². The molecule has 1 heterocycles. The number of carbonyl (C=O) groups is 1. The summed E-state index contributed by atoms with van der Waals surface area (Å²) in [5, 5.41) is 11.6. The number of ether oxygens (including phenoxy) is 1. The molecule has 20 heavy (non-hydrogen) atoms. The van der Waals surface area contributed by atoms with Crippen LogP contribution in [0.1, 0.15) is 30.4 Å². The lowest BCUT2D eigenvalue weighted by molar-refractivity contribution is -0.129. The van der Waals surface area contributed by atoms with Crippen LogP contribution in [0.4, 0.5) is 5.69 Å². The number of aryl methyl sites for hydroxylation is 1. The zero-order chi connectivity index (χ0) is 14.4. The number of benzene rings is 1. The van der Waals surface area contributed by atoms with Gasteiger partial charge in [0, 0.05) is 17.9 Å². The summed E-state index contributed by atoms with van der Waals surface area (Å²) in [5.41, 5.74) is 2.49. The predicted molar refractivity (Wildman–Crippen MR) is 77.4 cm³/mol. The number of amides is 1. The van der Waals surface area contributed by atoms with Gasteiger partial charge in [0.1, 0.15) is 12.7 Å². The number of carbonyl (C=O) groups excluding carboxylic acids is 1. The minimum absolute atomic E-state index is 0.0972. The first-order valence-corrected chi connectivity index (χ1v) is 6.83. The number of rotatable bonds is 2. The van der Waals surface area contributed by atoms with Gasteiger partial charge in [-0.3, -0.25) is 4.79 Å². The highest BCUT2D eigenvalue weighted by atomic mass is 16.5. The Labute approximate surface area is 119 Å². The van der Waals surface area contributed by atoms with Crippen LogP contribution in [-0.4, -0.2) is 30.3 Å². The molecule has 1 amide bonds. The highest BCUT2D eigenvalue weighted by Gasteiger charge is 2.22. The van der Waals surface area contributed by atoms with Gasteiger partial charge >= 0.3 is 0 Å². The SMILES string of the molecule is Cc1ccc(C#CCO)cc1NC(=O)C1CCCCO1. The molecule has 1 atom stereocenters. The third-order valence-electron chi connectivity index (χ3n) is 3.28. The molecule has 1 aromatic carbocycles. The van der Waals surface area contributed by atoms with Crippen LogP contribution in [0, 0.1) is 18.8 Å². The van der Waals surface area contributed by atoms with Crippen molar-refractivity contribution in [2.24, 2.45) is 0 Å². The van der Waals surface area contributed by atoms with Crippen LogP contribution in [0.25, 0.3) is 0 Å². The van der Waals surface area contributed by atoms with E-state index in [0.717, 1.165) is 36.1 Å². The van der Waals surface area contributed by atoms with Crippen molar-refractivity contribution in [2.45, 2.75) is 32.3 Å². The van der Waals surface area contributed by atoms with Gasteiger partial charge in [-0.2, -0.15) is 0 Å². The normalized spacial score (nSPS) is 18.0. The van der Waals surface area contributed by atoms with Gasteiger partial charge in [-0.25, -0.2) is 0 Å². The monoisotopic (exact) mass is 273 g/mol. The summed E-state index contributed by atoms with van der Waals surface area (Å²) >= 11 is 0. The van der Waals surface area contributed by atoms with E-state index < -0.39 is 0 Å². The molecule has 4 nitrogen and oxygen atoms in total. The fourth-order valence-electron chi connectivity index (χ4n) is 2.14. The zero-order valence-electron chi connectivity index (χ0n) is 11.6. The Kier molecular flexibility index (Phi) is 5.16. The third kappa shape index (κ3) is 3.83. The maximum atomic E-state index is 12.1. The number of aliphatic hydroxyl groups excluding tert-OH is 1. The van der Waals surface area contributed by atoms with Crippen molar-refractivity contribution in [3.63, 3.8) is 0 Å². The van der Waals surface area contributed by atoms with Gasteiger partial charge in [0.2, 0.25) is 0 Å². The van der Waals surface area contributed by atoms with Crippen LogP contribution in [0.3, 0.4) is 0 Å². The molecule has 1 aliphatic rings. The summed E-state index contributed by atoms with van der Waals surface area (Å²) in [4.78, 5) is 12.1. The van der Waals surface area contributed by atoms with Crippen LogP contribution >= 0.6 is 0 Å². The molecular weight excluding hydrogens is 254 g/mol. The van der Waals surface area contributed by atoms with Crippen LogP contribution < -0.4 is 5.32 Å². The van der Waals surface area contributed by atoms with Gasteiger partial charge < -0.3 is 15.2 Å². The lowest BCUT2D eigenvalue weighted by atomic mass is 10.1. The Morgan fingerprint density at radius 2 is 2.35 bits per heavy atom. The summed E-state index contributed by atoms with van der Waals surface area (Å²) in [6, 6.07) is 5.59. The third-order valence-corrected chi connectivity index (χ3v) is 3.28. The predicted octanol–water partition coefficient (Wildman–Crippen LogP) is 1.85. The lowest BCUT2D eigenvalue weighted by Gasteiger charge is -2.22. The Morgan fingerprint density at radius 3 is 3.05 bits per heavy atom. The van der Waals surface area contributed by atoms with Crippen LogP contribution in [-0.2, 0) is 9.53 Å². The van der Waals surface area contributed by atoms with E-state index in [2.05, 4.69) is 17.2 Å². The molecule has 0 spiro atoms. The molecular formula is C16H19NO3. The van der Waals surface area contributed by atoms with Gasteiger partial charge in [0.25, 0.3) is 5.91 Å². The molecule has 1 saturated heterocycles. The van der Waals surface area contributed by atoms with E-state index in [-0.39, 0.29) is 18.6 Å². The van der Waals surface area contributed by atoms with E-state index in [1.165, 1.54) is 0 Å². The molecule has 2 rings (SSSR count). The molecule has 2 N–H and O–H groups in total. The Morgan fingerprint density at radius 1 is 1.50 bits per heavy atom. The maximum absolute atomic E-state index is 12.1. The van der Waals surface area contributed by atoms with Crippen molar-refractivity contribution in [1.82, 2.24) is 0 Å². The van der Waals surface area contributed by atoms with E-state index >= 15 is 0 Å². The molecule has 1 aromatic rings. The smallest absolute Gasteiger partial charge is 0.253 e. The number of anilines is 1. The summed E-state index contributed by atoms with van der Waals surface area (Å²) < 4.78 is 5.47. The van der Waals surface area contributed by atoms with Crippen LogP contribution in [0.15, 0.2) is 18.2 Å².